The second-order valence-electron chi connectivity index (χ2n) is 10.4. The van der Waals surface area contributed by atoms with E-state index in [1.165, 1.54) is 0 Å². The number of aromatic nitrogens is 1. The Morgan fingerprint density at radius 1 is 0.864 bits per heavy atom. The number of nitrogens with zero attached hydrogens (tertiary/aromatic N) is 2. The van der Waals surface area contributed by atoms with Crippen LogP contribution in [0.5, 0.6) is 5.75 Å². The van der Waals surface area contributed by atoms with Crippen LogP contribution in [-0.2, 0) is 32.5 Å². The number of hydrogen-bond acceptors (Lipinski definition) is 6. The second kappa shape index (κ2) is 12.3. The van der Waals surface area contributed by atoms with Gasteiger partial charge in [0.05, 0.1) is 0 Å². The molecule has 6 rings (SSSR count). The van der Waals surface area contributed by atoms with E-state index in [9.17, 15) is 25.9 Å². The topological polar surface area (TPSA) is 125 Å². The predicted molar refractivity (Wildman–Crippen MR) is 172 cm³/mol. The Morgan fingerprint density at radius 2 is 1.64 bits per heavy atom. The zero-order valence-electron chi connectivity index (χ0n) is 23.4. The van der Waals surface area contributed by atoms with Crippen LogP contribution in [0.4, 0.5) is 5.69 Å². The summed E-state index contributed by atoms with van der Waals surface area (Å²) in [5.41, 5.74) is 3.78. The van der Waals surface area contributed by atoms with Crippen LogP contribution in [0.25, 0.3) is 26.6 Å². The average molecular weight is 697 g/mol. The van der Waals surface area contributed by atoms with E-state index in [4.69, 9.17) is 4.74 Å². The van der Waals surface area contributed by atoms with Gasteiger partial charge in [-0.05, 0) is 0 Å². The number of hydrogen-bond donors (Lipinski definition) is 2. The molecule has 0 fully saturated rings. The summed E-state index contributed by atoms with van der Waals surface area (Å²) in [5, 5.41) is 1.88. The van der Waals surface area contributed by atoms with Crippen molar-refractivity contribution in [3.63, 3.8) is 0 Å². The van der Waals surface area contributed by atoms with Crippen molar-refractivity contribution >= 4 is 67.1 Å². The van der Waals surface area contributed by atoms with Gasteiger partial charge < -0.3 is 0 Å². The first kappa shape index (κ1) is 30.3. The van der Waals surface area contributed by atoms with Crippen molar-refractivity contribution in [1.82, 2.24) is 0 Å². The molecule has 0 unspecified atom stereocenters. The number of rotatable bonds is 10. The number of allylic oxidation sites excluding steroid dienone is 2. The van der Waals surface area contributed by atoms with Crippen LogP contribution in [0.1, 0.15) is 22.1 Å². The minimum atomic E-state index is -4.32. The molecule has 0 atom stereocenters. The first-order valence-corrected chi connectivity index (χ1v) is 18.7. The average Bonchev–Trinajstić information content (AvgIpc) is 3.49. The van der Waals surface area contributed by atoms with Gasteiger partial charge in [-0.25, -0.2) is 0 Å². The molecule has 0 aliphatic carbocycles. The molecule has 0 spiro atoms. The molecule has 44 heavy (non-hydrogen) atoms. The Balaban J connectivity index is 1.35. The van der Waals surface area contributed by atoms with Gasteiger partial charge in [-0.2, -0.15) is 0 Å². The molecule has 5 aromatic rings. The van der Waals surface area contributed by atoms with Crippen molar-refractivity contribution in [2.45, 2.75) is 18.7 Å². The predicted octanol–water partition coefficient (Wildman–Crippen LogP) is 4.81. The molecule has 2 heterocycles. The molecule has 1 aliphatic rings. The second-order valence-corrected chi connectivity index (χ2v) is 15.7. The van der Waals surface area contributed by atoms with Crippen LogP contribution in [0.3, 0.4) is 0 Å². The standard InChI is InChI=1S/C32H28N2O7S2Se/c35-42(36,37)19-7-18-33-27-21-24(20-23-8-2-1-3-9-23)14-16-28(27)41-30(33)12-6-13-31-34(22-43(38,39)40)32-26-11-5-4-10-25(26)15-17-29(32)44-31/h1-6,8-17,21H,7,18-20,22H2,(H-,35,36,37,38,39,40)/p+1. The quantitative estimate of drug-likeness (QED) is 0.121. The van der Waals surface area contributed by atoms with Crippen LogP contribution < -0.4 is 14.2 Å². The van der Waals surface area contributed by atoms with E-state index < -0.39 is 26.1 Å². The van der Waals surface area contributed by atoms with Crippen LogP contribution in [-0.4, -0.2) is 52.7 Å². The van der Waals surface area contributed by atoms with Crippen LogP contribution in [0.2, 0.25) is 0 Å². The first-order chi connectivity index (χ1) is 21.0. The number of anilines is 1. The summed E-state index contributed by atoms with van der Waals surface area (Å²) in [6.45, 7) is 0.286. The summed E-state index contributed by atoms with van der Waals surface area (Å²) in [6, 6.07) is 27.7. The van der Waals surface area contributed by atoms with Gasteiger partial charge in [0.1, 0.15) is 0 Å². The zero-order valence-corrected chi connectivity index (χ0v) is 26.8. The Labute approximate surface area is 261 Å². The van der Waals surface area contributed by atoms with Gasteiger partial charge in [0.25, 0.3) is 0 Å². The van der Waals surface area contributed by atoms with Crippen molar-refractivity contribution < 1.29 is 35.2 Å². The molecule has 2 N–H and O–H groups in total. The molecule has 0 radical (unpaired) electrons. The molecule has 0 bridgehead atoms. The molecule has 9 nitrogen and oxygen atoms in total. The summed E-state index contributed by atoms with van der Waals surface area (Å²) in [4.78, 5) is 1.88. The van der Waals surface area contributed by atoms with Gasteiger partial charge >= 0.3 is 244 Å². The summed E-state index contributed by atoms with van der Waals surface area (Å²) in [6.07, 6.45) is 6.22. The number of ether oxygens (including phenoxy) is 1. The molecule has 226 valence electrons. The fourth-order valence-electron chi connectivity index (χ4n) is 5.35. The zero-order chi connectivity index (χ0) is 30.9. The van der Waals surface area contributed by atoms with Crippen molar-refractivity contribution in [3.8, 4) is 5.75 Å². The summed E-state index contributed by atoms with van der Waals surface area (Å²) < 4.78 is 75.6. The van der Waals surface area contributed by atoms with Crippen molar-refractivity contribution in [2.75, 3.05) is 17.2 Å². The van der Waals surface area contributed by atoms with E-state index >= 15 is 0 Å². The molecule has 1 aliphatic heterocycles. The maximum atomic E-state index is 12.0. The monoisotopic (exact) mass is 697 g/mol. The number of benzene rings is 4. The van der Waals surface area contributed by atoms with Gasteiger partial charge in [-0.1, -0.05) is 18.2 Å². The van der Waals surface area contributed by atoms with Crippen molar-refractivity contribution in [2.24, 2.45) is 0 Å². The van der Waals surface area contributed by atoms with Gasteiger partial charge in [0.2, 0.25) is 0 Å². The van der Waals surface area contributed by atoms with Crippen LogP contribution in [0, 0.1) is 0 Å². The molecule has 0 amide bonds. The molecular weight excluding hydrogens is 667 g/mol. The first-order valence-electron chi connectivity index (χ1n) is 13.8. The minimum absolute atomic E-state index is 0.177. The third-order valence-electron chi connectivity index (χ3n) is 7.21. The summed E-state index contributed by atoms with van der Waals surface area (Å²) in [7, 11) is -8.45. The Hall–Kier alpha value is -3.77. The third kappa shape index (κ3) is 6.96. The van der Waals surface area contributed by atoms with Crippen LogP contribution in [0.15, 0.2) is 103 Å². The molecule has 1 aromatic heterocycles. The van der Waals surface area contributed by atoms with Gasteiger partial charge in [0.15, 0.2) is 0 Å². The third-order valence-corrected chi connectivity index (χ3v) is 10.9. The van der Waals surface area contributed by atoms with Crippen molar-refractivity contribution in [1.29, 1.82) is 0 Å². The summed E-state index contributed by atoms with van der Waals surface area (Å²) in [5.74, 6) is 0.139. The molecule has 0 saturated heterocycles. The van der Waals surface area contributed by atoms with Gasteiger partial charge in [-0.3, -0.25) is 0 Å². The van der Waals surface area contributed by atoms with Gasteiger partial charge in [0, 0.05) is 0 Å². The SMILES string of the molecule is O=S(=O)(O)CCCN1/C(=C/C=C/c2[se]c3ccc4ccccc4c3[n+]2CS(=O)(=O)O)Oc2ccc(Cc3ccccc3)cc21. The Bertz CT molecular complexity index is 2140. The molecule has 0 saturated carbocycles. The van der Waals surface area contributed by atoms with Crippen LogP contribution >= 0.6 is 0 Å². The van der Waals surface area contributed by atoms with E-state index in [-0.39, 0.29) is 33.2 Å². The van der Waals surface area contributed by atoms with E-state index in [0.29, 0.717) is 18.1 Å². The van der Waals surface area contributed by atoms with Crippen molar-refractivity contribution in [3.05, 3.63) is 119 Å². The Kier molecular flexibility index (Phi) is 8.47. The van der Waals surface area contributed by atoms with E-state index in [2.05, 4.69) is 12.1 Å². The van der Waals surface area contributed by atoms with Gasteiger partial charge in [-0.15, -0.1) is 0 Å². The fourth-order valence-corrected chi connectivity index (χ4v) is 8.91. The van der Waals surface area contributed by atoms with E-state index in [1.54, 1.807) is 16.7 Å². The summed E-state index contributed by atoms with van der Waals surface area (Å²) >= 11 is -0.222. The fraction of sp³-hybridized carbons (Fsp3) is 0.156. The van der Waals surface area contributed by atoms with E-state index in [1.807, 2.05) is 83.8 Å². The molecule has 12 heteroatoms. The van der Waals surface area contributed by atoms with E-state index in [0.717, 1.165) is 41.9 Å². The number of fused-ring (bicyclic) bond motifs is 4. The maximum absolute atomic E-state index is 12.0. The molecular formula is C32H29N2O7S2Se+. The Morgan fingerprint density at radius 3 is 2.41 bits per heavy atom. The normalized spacial score (nSPS) is 14.6. The molecule has 4 aromatic carbocycles.